The molecule has 10 nitrogen and oxygen atoms in total. The summed E-state index contributed by atoms with van der Waals surface area (Å²) < 4.78 is 0. The minimum atomic E-state index is -0.525. The van der Waals surface area contributed by atoms with Crippen LogP contribution in [0.5, 0.6) is 0 Å². The van der Waals surface area contributed by atoms with Gasteiger partial charge in [0.25, 0.3) is 11.6 Å². The van der Waals surface area contributed by atoms with E-state index in [1.807, 2.05) is 11.0 Å². The van der Waals surface area contributed by atoms with E-state index in [0.717, 1.165) is 25.9 Å². The van der Waals surface area contributed by atoms with Crippen LogP contribution in [-0.4, -0.2) is 44.1 Å². The number of hydrogen-bond acceptors (Lipinski definition) is 7. The maximum Gasteiger partial charge on any atom is 0.293 e. The Morgan fingerprint density at radius 3 is 2.75 bits per heavy atom. The van der Waals surface area contributed by atoms with Crippen molar-refractivity contribution in [2.45, 2.75) is 12.8 Å². The van der Waals surface area contributed by atoms with Crippen LogP contribution in [0, 0.1) is 10.1 Å². The summed E-state index contributed by atoms with van der Waals surface area (Å²) in [6.45, 7) is 1.56. The van der Waals surface area contributed by atoms with E-state index in [9.17, 15) is 14.9 Å². The largest absolute Gasteiger partial charge is 0.366 e. The summed E-state index contributed by atoms with van der Waals surface area (Å²) >= 11 is 0. The first kappa shape index (κ1) is 17.6. The van der Waals surface area contributed by atoms with Crippen molar-refractivity contribution in [3.63, 3.8) is 0 Å². The van der Waals surface area contributed by atoms with E-state index in [1.54, 1.807) is 30.5 Å². The predicted molar refractivity (Wildman–Crippen MR) is 102 cm³/mol. The van der Waals surface area contributed by atoms with Gasteiger partial charge >= 0.3 is 0 Å². The number of pyridine rings is 1. The number of benzene rings is 1. The molecule has 1 aliphatic heterocycles. The minimum Gasteiger partial charge on any atom is -0.366 e. The highest BCUT2D eigenvalue weighted by Gasteiger charge is 2.24. The molecule has 142 valence electrons. The highest BCUT2D eigenvalue weighted by Crippen LogP contribution is 2.31. The fourth-order valence-electron chi connectivity index (χ4n) is 3.15. The van der Waals surface area contributed by atoms with Crippen molar-refractivity contribution >= 4 is 23.2 Å². The Balaban J connectivity index is 1.54. The van der Waals surface area contributed by atoms with Crippen LogP contribution in [0.4, 0.5) is 17.3 Å². The number of nitro groups is 1. The topological polar surface area (TPSA) is 130 Å². The lowest BCUT2D eigenvalue weighted by atomic mass is 10.1. The van der Waals surface area contributed by atoms with Gasteiger partial charge in [-0.2, -0.15) is 4.98 Å². The number of anilines is 2. The molecule has 1 saturated heterocycles. The molecule has 2 N–H and O–H groups in total. The number of aromatic amines is 1. The maximum atomic E-state index is 12.5. The Morgan fingerprint density at radius 2 is 2.04 bits per heavy atom. The zero-order valence-electron chi connectivity index (χ0n) is 14.8. The number of aromatic nitrogens is 4. The van der Waals surface area contributed by atoms with Gasteiger partial charge in [0.2, 0.25) is 5.95 Å². The standard InChI is InChI=1S/C18H17N7O3/c26-17(21-18-20-16(22-23-18)13-5-1-2-8-19-13)12-6-7-14(15(11-12)25(27)28)24-9-3-4-10-24/h1-2,5-8,11H,3-4,9-10H2,(H2,20,21,22,23,26). The smallest absolute Gasteiger partial charge is 0.293 e. The van der Waals surface area contributed by atoms with Gasteiger partial charge in [-0.3, -0.25) is 30.3 Å². The van der Waals surface area contributed by atoms with Gasteiger partial charge < -0.3 is 4.90 Å². The summed E-state index contributed by atoms with van der Waals surface area (Å²) in [7, 11) is 0. The zero-order chi connectivity index (χ0) is 19.5. The number of hydrogen-bond donors (Lipinski definition) is 2. The molecule has 0 spiro atoms. The molecule has 0 radical (unpaired) electrons. The van der Waals surface area contributed by atoms with E-state index < -0.39 is 10.8 Å². The van der Waals surface area contributed by atoms with E-state index in [4.69, 9.17) is 0 Å². The Morgan fingerprint density at radius 1 is 1.21 bits per heavy atom. The molecule has 1 fully saturated rings. The zero-order valence-corrected chi connectivity index (χ0v) is 14.8. The summed E-state index contributed by atoms with van der Waals surface area (Å²) in [5.74, 6) is -0.0502. The van der Waals surface area contributed by atoms with Crippen LogP contribution in [-0.2, 0) is 0 Å². The van der Waals surface area contributed by atoms with Crippen LogP contribution >= 0.6 is 0 Å². The molecular weight excluding hydrogens is 362 g/mol. The molecule has 0 unspecified atom stereocenters. The molecule has 2 aromatic heterocycles. The Kier molecular flexibility index (Phi) is 4.67. The van der Waals surface area contributed by atoms with Crippen LogP contribution in [0.15, 0.2) is 42.6 Å². The number of amides is 1. The molecule has 0 saturated carbocycles. The average Bonchev–Trinajstić information content (AvgIpc) is 3.40. The first-order valence-electron chi connectivity index (χ1n) is 8.80. The van der Waals surface area contributed by atoms with E-state index in [0.29, 0.717) is 17.2 Å². The van der Waals surface area contributed by atoms with Crippen molar-refractivity contribution in [3.8, 4) is 11.5 Å². The molecule has 3 heterocycles. The second-order valence-corrected chi connectivity index (χ2v) is 6.33. The van der Waals surface area contributed by atoms with Gasteiger partial charge in [0, 0.05) is 30.9 Å². The maximum absolute atomic E-state index is 12.5. The van der Waals surface area contributed by atoms with Crippen molar-refractivity contribution in [2.75, 3.05) is 23.3 Å². The van der Waals surface area contributed by atoms with Gasteiger partial charge in [0.05, 0.1) is 4.92 Å². The lowest BCUT2D eigenvalue weighted by Crippen LogP contribution is -2.20. The molecule has 3 aromatic rings. The van der Waals surface area contributed by atoms with Gasteiger partial charge in [0.15, 0.2) is 5.82 Å². The second kappa shape index (κ2) is 7.43. The third kappa shape index (κ3) is 3.52. The number of H-pyrrole nitrogens is 1. The Bertz CT molecular complexity index is 1010. The summed E-state index contributed by atoms with van der Waals surface area (Å²) in [6, 6.07) is 9.82. The number of carbonyl (C=O) groups is 1. The van der Waals surface area contributed by atoms with Crippen LogP contribution < -0.4 is 10.2 Å². The number of carbonyl (C=O) groups excluding carboxylic acids is 1. The van der Waals surface area contributed by atoms with Crippen molar-refractivity contribution in [1.82, 2.24) is 20.2 Å². The van der Waals surface area contributed by atoms with Gasteiger partial charge in [-0.05, 0) is 37.1 Å². The monoisotopic (exact) mass is 379 g/mol. The summed E-state index contributed by atoms with van der Waals surface area (Å²) in [5, 5.41) is 20.7. The molecule has 28 heavy (non-hydrogen) atoms. The van der Waals surface area contributed by atoms with E-state index in [2.05, 4.69) is 25.5 Å². The summed E-state index contributed by atoms with van der Waals surface area (Å²) in [4.78, 5) is 33.8. The first-order valence-corrected chi connectivity index (χ1v) is 8.80. The molecule has 1 aliphatic rings. The highest BCUT2D eigenvalue weighted by molar-refractivity contribution is 6.04. The van der Waals surface area contributed by atoms with Crippen LogP contribution in [0.1, 0.15) is 23.2 Å². The molecule has 4 rings (SSSR count). The molecular formula is C18H17N7O3. The highest BCUT2D eigenvalue weighted by atomic mass is 16.6. The SMILES string of the molecule is O=C(Nc1n[nH]c(-c2ccccn2)n1)c1ccc(N2CCCC2)c([N+](=O)[O-])c1. The second-order valence-electron chi connectivity index (χ2n) is 6.33. The van der Waals surface area contributed by atoms with Crippen molar-refractivity contribution < 1.29 is 9.72 Å². The fourth-order valence-corrected chi connectivity index (χ4v) is 3.15. The van der Waals surface area contributed by atoms with Crippen molar-refractivity contribution in [1.29, 1.82) is 0 Å². The lowest BCUT2D eigenvalue weighted by Gasteiger charge is -2.17. The first-order chi connectivity index (χ1) is 13.6. The average molecular weight is 379 g/mol. The summed E-state index contributed by atoms with van der Waals surface area (Å²) in [5.41, 5.74) is 1.20. The van der Waals surface area contributed by atoms with Gasteiger partial charge in [-0.1, -0.05) is 6.07 Å². The molecule has 1 amide bonds. The van der Waals surface area contributed by atoms with E-state index in [-0.39, 0.29) is 17.2 Å². The third-order valence-electron chi connectivity index (χ3n) is 4.50. The molecule has 0 atom stereocenters. The number of nitrogens with one attached hydrogen (secondary N) is 2. The fraction of sp³-hybridized carbons (Fsp3) is 0.222. The number of rotatable bonds is 5. The van der Waals surface area contributed by atoms with E-state index >= 15 is 0 Å². The molecule has 0 aliphatic carbocycles. The molecule has 1 aromatic carbocycles. The van der Waals surface area contributed by atoms with Crippen molar-refractivity contribution in [3.05, 3.63) is 58.3 Å². The van der Waals surface area contributed by atoms with Gasteiger partial charge in [0.1, 0.15) is 11.4 Å². The normalized spacial score (nSPS) is 13.5. The lowest BCUT2D eigenvalue weighted by molar-refractivity contribution is -0.384. The molecule has 0 bridgehead atoms. The minimum absolute atomic E-state index is 0.0666. The Labute approximate surface area is 159 Å². The Hall–Kier alpha value is -3.82. The molecule has 10 heteroatoms. The summed E-state index contributed by atoms with van der Waals surface area (Å²) in [6.07, 6.45) is 3.63. The van der Waals surface area contributed by atoms with Crippen molar-refractivity contribution in [2.24, 2.45) is 0 Å². The quantitative estimate of drug-likeness (QED) is 0.515. The van der Waals surface area contributed by atoms with Crippen LogP contribution in [0.25, 0.3) is 11.5 Å². The third-order valence-corrected chi connectivity index (χ3v) is 4.50. The van der Waals surface area contributed by atoms with Crippen LogP contribution in [0.3, 0.4) is 0 Å². The van der Waals surface area contributed by atoms with Gasteiger partial charge in [-0.15, -0.1) is 5.10 Å². The number of nitrogens with zero attached hydrogens (tertiary/aromatic N) is 5. The number of nitro benzene ring substituents is 1. The van der Waals surface area contributed by atoms with Gasteiger partial charge in [-0.25, -0.2) is 0 Å². The van der Waals surface area contributed by atoms with E-state index in [1.165, 1.54) is 6.07 Å². The van der Waals surface area contributed by atoms with Crippen LogP contribution in [0.2, 0.25) is 0 Å². The predicted octanol–water partition coefficient (Wildman–Crippen LogP) is 2.63.